The van der Waals surface area contributed by atoms with Gasteiger partial charge in [0.25, 0.3) is 0 Å². The van der Waals surface area contributed by atoms with E-state index in [9.17, 15) is 4.79 Å². The molecular formula is C15H20N2O. The Morgan fingerprint density at radius 2 is 2.06 bits per heavy atom. The summed E-state index contributed by atoms with van der Waals surface area (Å²) in [6, 6.07) is 5.34. The van der Waals surface area contributed by atoms with Gasteiger partial charge in [-0.15, -0.1) is 0 Å². The summed E-state index contributed by atoms with van der Waals surface area (Å²) in [5.41, 5.74) is 1.34. The molecule has 1 aliphatic carbocycles. The first kappa shape index (κ1) is 11.8. The molecule has 2 fully saturated rings. The lowest BCUT2D eigenvalue weighted by Gasteiger charge is -2.35. The van der Waals surface area contributed by atoms with Gasteiger partial charge in [0.05, 0.1) is 0 Å². The summed E-state index contributed by atoms with van der Waals surface area (Å²) < 4.78 is 0. The van der Waals surface area contributed by atoms with Crippen LogP contribution in [0.4, 0.5) is 0 Å². The van der Waals surface area contributed by atoms with E-state index in [0.717, 1.165) is 25.7 Å². The van der Waals surface area contributed by atoms with Crippen molar-refractivity contribution in [3.63, 3.8) is 0 Å². The molecule has 0 amide bonds. The number of likely N-dealkylation sites (tertiary alicyclic amines) is 1. The van der Waals surface area contributed by atoms with E-state index in [-0.39, 0.29) is 0 Å². The van der Waals surface area contributed by atoms with E-state index in [2.05, 4.69) is 16.0 Å². The van der Waals surface area contributed by atoms with Crippen LogP contribution in [0.1, 0.15) is 50.1 Å². The number of carbonyl (C=O) groups is 1. The van der Waals surface area contributed by atoms with Crippen molar-refractivity contribution in [1.29, 1.82) is 0 Å². The first-order valence-corrected chi connectivity index (χ1v) is 7.02. The number of Topliss-reactive ketones (excluding diaryl/α,β-unsaturated/α-hetero) is 1. The predicted molar refractivity (Wildman–Crippen MR) is 70.2 cm³/mol. The van der Waals surface area contributed by atoms with E-state index in [4.69, 9.17) is 0 Å². The second kappa shape index (κ2) is 5.19. The Bertz CT molecular complexity index is 408. The van der Waals surface area contributed by atoms with E-state index in [1.54, 1.807) is 0 Å². The fourth-order valence-corrected chi connectivity index (χ4v) is 3.41. The van der Waals surface area contributed by atoms with Gasteiger partial charge in [0, 0.05) is 37.3 Å². The number of carbonyl (C=O) groups excluding carboxylic acids is 1. The molecule has 3 rings (SSSR count). The highest BCUT2D eigenvalue weighted by Gasteiger charge is 2.33. The summed E-state index contributed by atoms with van der Waals surface area (Å²) in [6.45, 7) is 1.18. The van der Waals surface area contributed by atoms with Crippen LogP contribution in [0.3, 0.4) is 0 Å². The van der Waals surface area contributed by atoms with Crippen LogP contribution in [0.5, 0.6) is 0 Å². The fraction of sp³-hybridized carbons (Fsp3) is 0.600. The zero-order valence-electron chi connectivity index (χ0n) is 10.7. The fourth-order valence-electron chi connectivity index (χ4n) is 3.41. The van der Waals surface area contributed by atoms with Crippen molar-refractivity contribution in [2.24, 2.45) is 0 Å². The quantitative estimate of drug-likeness (QED) is 0.802. The summed E-state index contributed by atoms with van der Waals surface area (Å²) in [5, 5.41) is 0. The molecule has 0 N–H and O–H groups in total. The van der Waals surface area contributed by atoms with Crippen molar-refractivity contribution in [3.8, 4) is 0 Å². The van der Waals surface area contributed by atoms with Crippen molar-refractivity contribution in [1.82, 2.24) is 9.88 Å². The van der Waals surface area contributed by atoms with Crippen LogP contribution in [0.15, 0.2) is 24.5 Å². The molecule has 1 aromatic heterocycles. The van der Waals surface area contributed by atoms with Gasteiger partial charge < -0.3 is 0 Å². The average molecular weight is 244 g/mol. The molecule has 1 saturated carbocycles. The highest BCUT2D eigenvalue weighted by atomic mass is 16.1. The third-order valence-corrected chi connectivity index (χ3v) is 4.35. The summed E-state index contributed by atoms with van der Waals surface area (Å²) in [6.07, 6.45) is 9.99. The van der Waals surface area contributed by atoms with Gasteiger partial charge in [-0.3, -0.25) is 14.7 Å². The summed E-state index contributed by atoms with van der Waals surface area (Å²) in [5.74, 6) is 0.448. The predicted octanol–water partition coefficient (Wildman–Crippen LogP) is 2.73. The van der Waals surface area contributed by atoms with Crippen molar-refractivity contribution >= 4 is 5.78 Å². The molecule has 0 aromatic carbocycles. The molecule has 0 spiro atoms. The molecule has 0 radical (unpaired) electrons. The summed E-state index contributed by atoms with van der Waals surface area (Å²) >= 11 is 0. The van der Waals surface area contributed by atoms with Crippen LogP contribution in [0.2, 0.25) is 0 Å². The van der Waals surface area contributed by atoms with Crippen LogP contribution >= 0.6 is 0 Å². The number of aromatic nitrogens is 1. The number of hydrogen-bond acceptors (Lipinski definition) is 3. The van der Waals surface area contributed by atoms with Gasteiger partial charge in [-0.25, -0.2) is 0 Å². The largest absolute Gasteiger partial charge is 0.300 e. The Hall–Kier alpha value is -1.22. The van der Waals surface area contributed by atoms with Gasteiger partial charge >= 0.3 is 0 Å². The van der Waals surface area contributed by atoms with Gasteiger partial charge in [-0.2, -0.15) is 0 Å². The molecule has 0 bridgehead atoms. The van der Waals surface area contributed by atoms with Crippen molar-refractivity contribution < 1.29 is 4.79 Å². The lowest BCUT2D eigenvalue weighted by Crippen LogP contribution is -2.37. The van der Waals surface area contributed by atoms with Crippen LogP contribution < -0.4 is 0 Å². The second-order valence-corrected chi connectivity index (χ2v) is 5.45. The molecule has 1 unspecified atom stereocenters. The first-order chi connectivity index (χ1) is 8.84. The minimum atomic E-state index is 0.448. The molecule has 1 aromatic rings. The maximum atomic E-state index is 11.3. The van der Waals surface area contributed by atoms with Gasteiger partial charge in [0.15, 0.2) is 0 Å². The van der Waals surface area contributed by atoms with E-state index in [0.29, 0.717) is 17.9 Å². The lowest BCUT2D eigenvalue weighted by molar-refractivity contribution is -0.121. The highest BCUT2D eigenvalue weighted by molar-refractivity contribution is 5.79. The van der Waals surface area contributed by atoms with Crippen LogP contribution in [-0.4, -0.2) is 28.3 Å². The number of rotatable bonds is 2. The van der Waals surface area contributed by atoms with Gasteiger partial charge in [0.2, 0.25) is 0 Å². The van der Waals surface area contributed by atoms with E-state index < -0.39 is 0 Å². The van der Waals surface area contributed by atoms with Crippen molar-refractivity contribution in [2.45, 2.75) is 50.6 Å². The molecular weight excluding hydrogens is 224 g/mol. The Morgan fingerprint density at radius 1 is 1.22 bits per heavy atom. The first-order valence-electron chi connectivity index (χ1n) is 7.02. The molecule has 1 aliphatic heterocycles. The zero-order chi connectivity index (χ0) is 12.4. The molecule has 3 heteroatoms. The second-order valence-electron chi connectivity index (χ2n) is 5.45. The Kier molecular flexibility index (Phi) is 3.41. The third kappa shape index (κ3) is 2.32. The smallest absolute Gasteiger partial charge is 0.133 e. The van der Waals surface area contributed by atoms with Crippen LogP contribution in [0.25, 0.3) is 0 Å². The summed E-state index contributed by atoms with van der Waals surface area (Å²) in [4.78, 5) is 18.2. The SMILES string of the molecule is O=C1CCC(N2CCCC2c2cccnc2)CC1. The van der Waals surface area contributed by atoms with Gasteiger partial charge in [-0.1, -0.05) is 6.07 Å². The number of hydrogen-bond donors (Lipinski definition) is 0. The highest BCUT2D eigenvalue weighted by Crippen LogP contribution is 2.36. The molecule has 1 saturated heterocycles. The van der Waals surface area contributed by atoms with Gasteiger partial charge in [-0.05, 0) is 43.9 Å². The zero-order valence-corrected chi connectivity index (χ0v) is 10.7. The Balaban J connectivity index is 1.73. The normalized spacial score (nSPS) is 26.7. The number of ketones is 1. The monoisotopic (exact) mass is 244 g/mol. The number of nitrogens with zero attached hydrogens (tertiary/aromatic N) is 2. The topological polar surface area (TPSA) is 33.2 Å². The third-order valence-electron chi connectivity index (χ3n) is 4.35. The van der Waals surface area contributed by atoms with E-state index in [1.807, 2.05) is 18.5 Å². The van der Waals surface area contributed by atoms with E-state index >= 15 is 0 Å². The molecule has 18 heavy (non-hydrogen) atoms. The van der Waals surface area contributed by atoms with Crippen LogP contribution in [0, 0.1) is 0 Å². The molecule has 2 aliphatic rings. The average Bonchev–Trinajstić information content (AvgIpc) is 2.90. The maximum Gasteiger partial charge on any atom is 0.133 e. The van der Waals surface area contributed by atoms with Gasteiger partial charge in [0.1, 0.15) is 5.78 Å². The Morgan fingerprint density at radius 3 is 2.78 bits per heavy atom. The molecule has 96 valence electrons. The number of pyridine rings is 1. The lowest BCUT2D eigenvalue weighted by atomic mass is 9.92. The van der Waals surface area contributed by atoms with Crippen LogP contribution in [-0.2, 0) is 4.79 Å². The summed E-state index contributed by atoms with van der Waals surface area (Å²) in [7, 11) is 0. The molecule has 3 nitrogen and oxygen atoms in total. The molecule has 1 atom stereocenters. The minimum absolute atomic E-state index is 0.448. The standard InChI is InChI=1S/C15H20N2O/c18-14-7-5-13(6-8-14)17-10-2-4-15(17)12-3-1-9-16-11-12/h1,3,9,11,13,15H,2,4-8,10H2. The van der Waals surface area contributed by atoms with Crippen molar-refractivity contribution in [2.75, 3.05) is 6.54 Å². The maximum absolute atomic E-state index is 11.3. The van der Waals surface area contributed by atoms with Crippen molar-refractivity contribution in [3.05, 3.63) is 30.1 Å². The molecule has 2 heterocycles. The Labute approximate surface area is 108 Å². The minimum Gasteiger partial charge on any atom is -0.300 e. The van der Waals surface area contributed by atoms with E-state index in [1.165, 1.54) is 24.9 Å².